The van der Waals surface area contributed by atoms with E-state index in [1.54, 1.807) is 0 Å². The molecular weight excluding hydrogens is 222 g/mol. The number of amides is 1. The molecule has 1 amide bonds. The molecule has 92 valence electrons. The number of carbonyl (C=O) groups excluding carboxylic acids is 1. The molecule has 1 saturated carbocycles. The van der Waals surface area contributed by atoms with Crippen LogP contribution in [0.15, 0.2) is 24.3 Å². The van der Waals surface area contributed by atoms with E-state index >= 15 is 0 Å². The van der Waals surface area contributed by atoms with Crippen LogP contribution >= 0.6 is 0 Å². The van der Waals surface area contributed by atoms with Crippen molar-refractivity contribution in [3.8, 4) is 12.3 Å². The number of terminal acetylenes is 1. The van der Waals surface area contributed by atoms with E-state index in [1.807, 2.05) is 17.0 Å². The Hall–Kier alpha value is -1.75. The summed E-state index contributed by atoms with van der Waals surface area (Å²) in [6.45, 7) is 1.30. The van der Waals surface area contributed by atoms with Gasteiger partial charge in [0.15, 0.2) is 0 Å². The van der Waals surface area contributed by atoms with Gasteiger partial charge in [0, 0.05) is 6.54 Å². The van der Waals surface area contributed by atoms with Crippen LogP contribution in [0.2, 0.25) is 0 Å². The first-order valence-electron chi connectivity index (χ1n) is 6.59. The Morgan fingerprint density at radius 3 is 2.83 bits per heavy atom. The highest BCUT2D eigenvalue weighted by molar-refractivity contribution is 5.87. The van der Waals surface area contributed by atoms with Crippen LogP contribution in [0, 0.1) is 18.3 Å². The Morgan fingerprint density at radius 1 is 1.39 bits per heavy atom. The molecule has 2 aliphatic rings. The Labute approximate surface area is 108 Å². The Kier molecular flexibility index (Phi) is 2.83. The average molecular weight is 239 g/mol. The van der Waals surface area contributed by atoms with Crippen molar-refractivity contribution in [3.05, 3.63) is 35.4 Å². The first-order valence-corrected chi connectivity index (χ1v) is 6.59. The molecule has 2 aliphatic carbocycles. The van der Waals surface area contributed by atoms with Gasteiger partial charge in [-0.05, 0) is 36.3 Å². The lowest BCUT2D eigenvalue weighted by Crippen LogP contribution is -2.40. The molecule has 0 N–H and O–H groups in total. The van der Waals surface area contributed by atoms with Gasteiger partial charge in [0.2, 0.25) is 5.91 Å². The molecule has 18 heavy (non-hydrogen) atoms. The number of benzene rings is 1. The monoisotopic (exact) mass is 239 g/mol. The molecule has 0 saturated heterocycles. The maximum Gasteiger partial charge on any atom is 0.231 e. The van der Waals surface area contributed by atoms with Crippen LogP contribution in [-0.2, 0) is 11.2 Å². The van der Waals surface area contributed by atoms with E-state index in [0.717, 1.165) is 13.0 Å². The third-order valence-corrected chi connectivity index (χ3v) is 3.92. The molecule has 0 bridgehead atoms. The summed E-state index contributed by atoms with van der Waals surface area (Å²) in [6.07, 6.45) is 8.74. The predicted octanol–water partition coefficient (Wildman–Crippen LogP) is 2.20. The van der Waals surface area contributed by atoms with Gasteiger partial charge in [0.05, 0.1) is 12.5 Å². The van der Waals surface area contributed by atoms with Crippen LogP contribution in [0.25, 0.3) is 0 Å². The molecule has 2 heteroatoms. The summed E-state index contributed by atoms with van der Waals surface area (Å²) in [6, 6.07) is 8.20. The van der Waals surface area contributed by atoms with Gasteiger partial charge in [0.25, 0.3) is 0 Å². The largest absolute Gasteiger partial charge is 0.331 e. The van der Waals surface area contributed by atoms with Crippen molar-refractivity contribution in [2.45, 2.75) is 25.2 Å². The molecule has 1 aromatic rings. The third-order valence-electron chi connectivity index (χ3n) is 3.92. The molecule has 0 aliphatic heterocycles. The molecule has 0 heterocycles. The summed E-state index contributed by atoms with van der Waals surface area (Å²) in [5.41, 5.74) is 2.50. The molecule has 1 aromatic carbocycles. The summed E-state index contributed by atoms with van der Waals surface area (Å²) in [5.74, 6) is 3.58. The third kappa shape index (κ3) is 2.01. The fourth-order valence-electron chi connectivity index (χ4n) is 2.65. The second-order valence-corrected chi connectivity index (χ2v) is 5.32. The zero-order chi connectivity index (χ0) is 12.5. The summed E-state index contributed by atoms with van der Waals surface area (Å²) < 4.78 is 0. The van der Waals surface area contributed by atoms with Gasteiger partial charge in [-0.15, -0.1) is 6.42 Å². The molecule has 0 radical (unpaired) electrons. The molecule has 1 unspecified atom stereocenters. The average Bonchev–Trinajstić information content (AvgIpc) is 3.14. The van der Waals surface area contributed by atoms with E-state index in [2.05, 4.69) is 18.1 Å². The molecular formula is C16H17NO. The zero-order valence-corrected chi connectivity index (χ0v) is 10.4. The van der Waals surface area contributed by atoms with Gasteiger partial charge in [-0.1, -0.05) is 30.2 Å². The van der Waals surface area contributed by atoms with E-state index in [0.29, 0.717) is 12.5 Å². The Balaban J connectivity index is 1.72. The number of hydrogen-bond donors (Lipinski definition) is 0. The SMILES string of the molecule is C#CCN(CC1CC1)C(=O)C1Cc2ccccc21. The normalized spacial score (nSPS) is 20.5. The topological polar surface area (TPSA) is 20.3 Å². The van der Waals surface area contributed by atoms with Gasteiger partial charge in [-0.25, -0.2) is 0 Å². The van der Waals surface area contributed by atoms with Crippen LogP contribution in [0.5, 0.6) is 0 Å². The maximum atomic E-state index is 12.5. The first kappa shape index (κ1) is 11.3. The van der Waals surface area contributed by atoms with Crippen LogP contribution in [-0.4, -0.2) is 23.9 Å². The number of carbonyl (C=O) groups is 1. The van der Waals surface area contributed by atoms with Crippen molar-refractivity contribution in [2.75, 3.05) is 13.1 Å². The van der Waals surface area contributed by atoms with Crippen LogP contribution in [0.1, 0.15) is 29.9 Å². The lowest BCUT2D eigenvalue weighted by molar-refractivity contribution is -0.133. The van der Waals surface area contributed by atoms with E-state index < -0.39 is 0 Å². The number of fused-ring (bicyclic) bond motifs is 1. The van der Waals surface area contributed by atoms with E-state index in [9.17, 15) is 4.79 Å². The Morgan fingerprint density at radius 2 is 2.17 bits per heavy atom. The molecule has 3 rings (SSSR count). The van der Waals surface area contributed by atoms with Crippen LogP contribution < -0.4 is 0 Å². The first-order chi connectivity index (χ1) is 8.79. The lowest BCUT2D eigenvalue weighted by atomic mass is 9.77. The highest BCUT2D eigenvalue weighted by Gasteiger charge is 2.36. The van der Waals surface area contributed by atoms with E-state index in [-0.39, 0.29) is 11.8 Å². The number of nitrogens with zero attached hydrogens (tertiary/aromatic N) is 1. The summed E-state index contributed by atoms with van der Waals surface area (Å²) >= 11 is 0. The van der Waals surface area contributed by atoms with Crippen molar-refractivity contribution >= 4 is 5.91 Å². The molecule has 1 atom stereocenters. The quantitative estimate of drug-likeness (QED) is 0.738. The maximum absolute atomic E-state index is 12.5. The summed E-state index contributed by atoms with van der Waals surface area (Å²) in [4.78, 5) is 14.3. The van der Waals surface area contributed by atoms with Crippen molar-refractivity contribution in [3.63, 3.8) is 0 Å². The van der Waals surface area contributed by atoms with Gasteiger partial charge in [-0.2, -0.15) is 0 Å². The molecule has 0 aromatic heterocycles. The Bertz CT molecular complexity index is 510. The zero-order valence-electron chi connectivity index (χ0n) is 10.4. The van der Waals surface area contributed by atoms with Crippen molar-refractivity contribution in [2.24, 2.45) is 5.92 Å². The van der Waals surface area contributed by atoms with Gasteiger partial charge in [-0.3, -0.25) is 4.79 Å². The smallest absolute Gasteiger partial charge is 0.231 e. The van der Waals surface area contributed by atoms with E-state index in [1.165, 1.54) is 24.0 Å². The minimum absolute atomic E-state index is 0.0494. The van der Waals surface area contributed by atoms with E-state index in [4.69, 9.17) is 6.42 Å². The molecule has 2 nitrogen and oxygen atoms in total. The van der Waals surface area contributed by atoms with Crippen LogP contribution in [0.3, 0.4) is 0 Å². The summed E-state index contributed by atoms with van der Waals surface area (Å²) in [5, 5.41) is 0. The van der Waals surface area contributed by atoms with Crippen molar-refractivity contribution < 1.29 is 4.79 Å². The van der Waals surface area contributed by atoms with Gasteiger partial charge in [0.1, 0.15) is 0 Å². The predicted molar refractivity (Wildman–Crippen MR) is 71.0 cm³/mol. The fraction of sp³-hybridized carbons (Fsp3) is 0.438. The second-order valence-electron chi connectivity index (χ2n) is 5.32. The van der Waals surface area contributed by atoms with Crippen molar-refractivity contribution in [1.29, 1.82) is 0 Å². The number of rotatable bonds is 4. The fourth-order valence-corrected chi connectivity index (χ4v) is 2.65. The second kappa shape index (κ2) is 4.49. The highest BCUT2D eigenvalue weighted by Crippen LogP contribution is 2.37. The minimum atomic E-state index is 0.0494. The van der Waals surface area contributed by atoms with Crippen molar-refractivity contribution in [1.82, 2.24) is 4.90 Å². The standard InChI is InChI=1S/C16H17NO/c1-2-9-17(11-12-7-8-12)16(18)15-10-13-5-3-4-6-14(13)15/h1,3-6,12,15H,7-11H2. The minimum Gasteiger partial charge on any atom is -0.331 e. The van der Waals surface area contributed by atoms with Crippen LogP contribution in [0.4, 0.5) is 0 Å². The lowest BCUT2D eigenvalue weighted by Gasteiger charge is -2.33. The van der Waals surface area contributed by atoms with Gasteiger partial charge < -0.3 is 4.90 Å². The molecule has 0 spiro atoms. The van der Waals surface area contributed by atoms with Gasteiger partial charge >= 0.3 is 0 Å². The summed E-state index contributed by atoms with van der Waals surface area (Å²) in [7, 11) is 0. The highest BCUT2D eigenvalue weighted by atomic mass is 16.2. The number of hydrogen-bond acceptors (Lipinski definition) is 1. The molecule has 1 fully saturated rings.